The first-order chi connectivity index (χ1) is 15.7. The van der Waals surface area contributed by atoms with E-state index >= 15 is 0 Å². The van der Waals surface area contributed by atoms with Gasteiger partial charge >= 0.3 is 6.09 Å². The third-order valence-corrected chi connectivity index (χ3v) is 6.76. The number of anilines is 1. The van der Waals surface area contributed by atoms with Crippen molar-refractivity contribution < 1.29 is 14.3 Å². The summed E-state index contributed by atoms with van der Waals surface area (Å²) in [6.45, 7) is 2.20. The number of carbonyl (C=O) groups excluding carboxylic acids is 1. The molecule has 32 heavy (non-hydrogen) atoms. The maximum Gasteiger partial charge on any atom is 0.414 e. The van der Waals surface area contributed by atoms with Gasteiger partial charge in [-0.25, -0.2) is 9.48 Å². The Bertz CT molecular complexity index is 1180. The second-order valence-corrected chi connectivity index (χ2v) is 8.45. The highest BCUT2D eigenvalue weighted by Gasteiger charge is 2.70. The molecule has 160 valence electrons. The summed E-state index contributed by atoms with van der Waals surface area (Å²) in [6, 6.07) is 14.2. The average molecular weight is 428 g/mol. The fourth-order valence-electron chi connectivity index (χ4n) is 4.97. The summed E-state index contributed by atoms with van der Waals surface area (Å²) in [4.78, 5) is 18.6. The van der Waals surface area contributed by atoms with Gasteiger partial charge in [-0.1, -0.05) is 23.4 Å². The van der Waals surface area contributed by atoms with Crippen LogP contribution < -0.4 is 4.90 Å². The summed E-state index contributed by atoms with van der Waals surface area (Å²) in [6.07, 6.45) is 4.51. The minimum atomic E-state index is -0.487. The molecule has 3 aromatic rings. The minimum Gasteiger partial charge on any atom is -0.442 e. The molecule has 6 rings (SSSR count). The van der Waals surface area contributed by atoms with Crippen LogP contribution in [0, 0.1) is 23.2 Å². The molecule has 0 spiro atoms. The lowest BCUT2D eigenvalue weighted by Crippen LogP contribution is -2.26. The molecule has 1 aromatic carbocycles. The van der Waals surface area contributed by atoms with Crippen molar-refractivity contribution in [2.24, 2.45) is 11.8 Å². The van der Waals surface area contributed by atoms with Gasteiger partial charge in [0.25, 0.3) is 0 Å². The number of nitriles is 1. The molecule has 2 aliphatic heterocycles. The third-order valence-electron chi connectivity index (χ3n) is 6.76. The molecule has 0 N–H and O–H groups in total. The van der Waals surface area contributed by atoms with E-state index in [9.17, 15) is 10.1 Å². The molecule has 9 nitrogen and oxygen atoms in total. The highest BCUT2D eigenvalue weighted by Crippen LogP contribution is 2.62. The predicted molar refractivity (Wildman–Crippen MR) is 112 cm³/mol. The van der Waals surface area contributed by atoms with E-state index < -0.39 is 5.41 Å². The topological polar surface area (TPSA) is 106 Å². The molecule has 4 heterocycles. The van der Waals surface area contributed by atoms with E-state index in [2.05, 4.69) is 21.4 Å². The van der Waals surface area contributed by atoms with E-state index in [0.717, 1.165) is 22.5 Å². The van der Waals surface area contributed by atoms with Crippen LogP contribution in [0.5, 0.6) is 0 Å². The van der Waals surface area contributed by atoms with Crippen molar-refractivity contribution in [1.82, 2.24) is 20.0 Å². The first kappa shape index (κ1) is 19.0. The van der Waals surface area contributed by atoms with Crippen LogP contribution in [-0.4, -0.2) is 51.9 Å². The van der Waals surface area contributed by atoms with Crippen molar-refractivity contribution in [3.63, 3.8) is 0 Å². The summed E-state index contributed by atoms with van der Waals surface area (Å²) in [5.74, 6) is 0.525. The van der Waals surface area contributed by atoms with E-state index in [1.54, 1.807) is 22.0 Å². The Morgan fingerprint density at radius 3 is 2.56 bits per heavy atom. The lowest BCUT2D eigenvalue weighted by Gasteiger charge is -2.14. The number of carbonyl (C=O) groups is 1. The maximum atomic E-state index is 12.3. The first-order valence-electron chi connectivity index (χ1n) is 10.6. The fourth-order valence-corrected chi connectivity index (χ4v) is 4.97. The molecule has 1 aliphatic carbocycles. The zero-order valence-electron chi connectivity index (χ0n) is 17.2. The monoisotopic (exact) mass is 428 g/mol. The summed E-state index contributed by atoms with van der Waals surface area (Å²) in [7, 11) is 0. The fraction of sp³-hybridized carbons (Fsp3) is 0.348. The number of cyclic esters (lactones) is 1. The number of hydrogen-bond acceptors (Lipinski definition) is 7. The zero-order valence-corrected chi connectivity index (χ0v) is 17.2. The number of pyridine rings is 1. The zero-order chi connectivity index (χ0) is 21.7. The smallest absolute Gasteiger partial charge is 0.414 e. The Morgan fingerprint density at radius 2 is 1.91 bits per heavy atom. The molecule has 2 aromatic heterocycles. The van der Waals surface area contributed by atoms with Gasteiger partial charge < -0.3 is 9.47 Å². The van der Waals surface area contributed by atoms with E-state index in [1.807, 2.05) is 42.6 Å². The van der Waals surface area contributed by atoms with Gasteiger partial charge in [-0.15, -0.1) is 5.10 Å². The van der Waals surface area contributed by atoms with Gasteiger partial charge in [0.1, 0.15) is 11.5 Å². The molecule has 0 radical (unpaired) electrons. The minimum absolute atomic E-state index is 0.263. The van der Waals surface area contributed by atoms with Crippen LogP contribution in [0.15, 0.2) is 55.0 Å². The first-order valence-corrected chi connectivity index (χ1v) is 10.6. The summed E-state index contributed by atoms with van der Waals surface area (Å²) in [5.41, 5.74) is 3.07. The molecule has 1 saturated carbocycles. The highest BCUT2D eigenvalue weighted by atomic mass is 16.6. The second kappa shape index (κ2) is 7.14. The van der Waals surface area contributed by atoms with Gasteiger partial charge in [-0.05, 0) is 23.8 Å². The van der Waals surface area contributed by atoms with Crippen LogP contribution in [0.4, 0.5) is 10.5 Å². The van der Waals surface area contributed by atoms with E-state index in [-0.39, 0.29) is 24.0 Å². The van der Waals surface area contributed by atoms with Crippen molar-refractivity contribution in [2.75, 3.05) is 24.7 Å². The number of amides is 1. The van der Waals surface area contributed by atoms with Crippen molar-refractivity contribution in [2.45, 2.75) is 18.1 Å². The molecular weight excluding hydrogens is 408 g/mol. The number of rotatable bonds is 5. The summed E-state index contributed by atoms with van der Waals surface area (Å²) in [5, 5.41) is 17.4. The molecule has 3 fully saturated rings. The van der Waals surface area contributed by atoms with Crippen LogP contribution >= 0.6 is 0 Å². The summed E-state index contributed by atoms with van der Waals surface area (Å²) >= 11 is 0. The average Bonchev–Trinajstić information content (AvgIpc) is 3.35. The highest BCUT2D eigenvalue weighted by molar-refractivity contribution is 5.90. The molecule has 9 heteroatoms. The Balaban J connectivity index is 1.16. The van der Waals surface area contributed by atoms with Crippen LogP contribution in [0.2, 0.25) is 0 Å². The molecule has 2 saturated heterocycles. The molecule has 3 aliphatic rings. The van der Waals surface area contributed by atoms with Crippen molar-refractivity contribution in [3.8, 4) is 17.2 Å². The molecule has 0 bridgehead atoms. The Kier molecular flexibility index (Phi) is 4.23. The quantitative estimate of drug-likeness (QED) is 0.614. The Hall–Kier alpha value is -3.77. The number of hydrogen-bond donors (Lipinski definition) is 0. The lowest BCUT2D eigenvalue weighted by molar-refractivity contribution is 0.129. The van der Waals surface area contributed by atoms with Gasteiger partial charge in [-0.2, -0.15) is 5.26 Å². The lowest BCUT2D eigenvalue weighted by atomic mass is 9.96. The van der Waals surface area contributed by atoms with Crippen LogP contribution in [-0.2, 0) is 21.4 Å². The number of nitrogens with zero attached hydrogens (tertiary/aromatic N) is 6. The molecule has 1 unspecified atom stereocenters. The van der Waals surface area contributed by atoms with Gasteiger partial charge in [-0.3, -0.25) is 9.88 Å². The second-order valence-electron chi connectivity index (χ2n) is 8.45. The van der Waals surface area contributed by atoms with Crippen LogP contribution in [0.3, 0.4) is 0 Å². The largest absolute Gasteiger partial charge is 0.442 e. The van der Waals surface area contributed by atoms with Crippen LogP contribution in [0.1, 0.15) is 5.69 Å². The van der Waals surface area contributed by atoms with E-state index in [0.29, 0.717) is 26.3 Å². The normalized spacial score (nSPS) is 28.3. The van der Waals surface area contributed by atoms with Gasteiger partial charge in [0.2, 0.25) is 0 Å². The SMILES string of the molecule is N#CC1(c2ccc(-c3ccc(N4C[C@H](Cn5ccnn5)OC4=O)cc3)cn2)[C@@H]2COC[C@@H]21. The van der Waals surface area contributed by atoms with Gasteiger partial charge in [0.05, 0.1) is 44.3 Å². The third kappa shape index (κ3) is 2.87. The molecule has 4 atom stereocenters. The Morgan fingerprint density at radius 1 is 1.12 bits per heavy atom. The maximum absolute atomic E-state index is 12.3. The van der Waals surface area contributed by atoms with Crippen molar-refractivity contribution >= 4 is 11.8 Å². The Labute approximate surface area is 184 Å². The predicted octanol–water partition coefficient (Wildman–Crippen LogP) is 2.40. The van der Waals surface area contributed by atoms with E-state index in [1.165, 1.54) is 0 Å². The van der Waals surface area contributed by atoms with Crippen molar-refractivity contribution in [1.29, 1.82) is 5.26 Å². The van der Waals surface area contributed by atoms with Crippen molar-refractivity contribution in [3.05, 3.63) is 60.7 Å². The molecular formula is C23H20N6O3. The number of benzene rings is 1. The standard InChI is InChI=1S/C23H20N6O3/c24-14-23(19-12-31-13-20(19)23)21-6-3-16(9-25-21)15-1-4-17(5-2-15)29-11-18(32-22(29)30)10-28-8-7-26-27-28/h1-9,18-20H,10-13H2/t18-,19-,20+,23?/m0/s1. The number of aromatic nitrogens is 4. The number of ether oxygens (including phenoxy) is 2. The van der Waals surface area contributed by atoms with Gasteiger partial charge in [0, 0.05) is 35.5 Å². The van der Waals surface area contributed by atoms with E-state index in [4.69, 9.17) is 9.47 Å². The number of fused-ring (bicyclic) bond motifs is 1. The summed E-state index contributed by atoms with van der Waals surface area (Å²) < 4.78 is 12.6. The van der Waals surface area contributed by atoms with Gasteiger partial charge in [0.15, 0.2) is 0 Å². The van der Waals surface area contributed by atoms with Crippen LogP contribution in [0.25, 0.3) is 11.1 Å². The molecule has 1 amide bonds.